The highest BCUT2D eigenvalue weighted by Gasteiger charge is 2.11. The summed E-state index contributed by atoms with van der Waals surface area (Å²) in [5.74, 6) is -0.141. The molecule has 0 aliphatic rings. The van der Waals surface area contributed by atoms with Crippen LogP contribution < -0.4 is 5.32 Å². The largest absolute Gasteiger partial charge is 0.392 e. The molecule has 20 heavy (non-hydrogen) atoms. The van der Waals surface area contributed by atoms with Crippen LogP contribution in [0.2, 0.25) is 0 Å². The van der Waals surface area contributed by atoms with Gasteiger partial charge in [0.15, 0.2) is 0 Å². The van der Waals surface area contributed by atoms with Crippen molar-refractivity contribution < 1.29 is 9.90 Å². The van der Waals surface area contributed by atoms with Crippen molar-refractivity contribution in [1.29, 1.82) is 0 Å². The Hall–Kier alpha value is -2.13. The molecule has 0 spiro atoms. The molecule has 0 heterocycles. The number of benzene rings is 2. The van der Waals surface area contributed by atoms with Crippen LogP contribution in [-0.2, 0) is 6.42 Å². The Balaban J connectivity index is 2.16. The van der Waals surface area contributed by atoms with E-state index >= 15 is 0 Å². The predicted molar refractivity (Wildman–Crippen MR) is 79.7 cm³/mol. The maximum atomic E-state index is 12.1. The zero-order chi connectivity index (χ0) is 14.4. The number of hydrogen-bond donors (Lipinski definition) is 2. The summed E-state index contributed by atoms with van der Waals surface area (Å²) in [7, 11) is 0. The van der Waals surface area contributed by atoms with Crippen LogP contribution in [0.1, 0.15) is 28.4 Å². The quantitative estimate of drug-likeness (QED) is 0.875. The third-order valence-electron chi connectivity index (χ3n) is 3.06. The summed E-state index contributed by atoms with van der Waals surface area (Å²) in [5.41, 5.74) is 2.82. The summed E-state index contributed by atoms with van der Waals surface area (Å²) in [6.07, 6.45) is 0.180. The summed E-state index contributed by atoms with van der Waals surface area (Å²) >= 11 is 0. The van der Waals surface area contributed by atoms with Crippen LogP contribution in [0.4, 0.5) is 0 Å². The van der Waals surface area contributed by atoms with E-state index in [-0.39, 0.29) is 12.5 Å². The zero-order valence-electron chi connectivity index (χ0n) is 11.5. The van der Waals surface area contributed by atoms with Crippen molar-refractivity contribution in [2.45, 2.75) is 19.4 Å². The highest BCUT2D eigenvalue weighted by molar-refractivity contribution is 5.95. The predicted octanol–water partition coefficient (Wildman–Crippen LogP) is 2.39. The summed E-state index contributed by atoms with van der Waals surface area (Å²) in [4.78, 5) is 12.1. The molecule has 0 radical (unpaired) electrons. The monoisotopic (exact) mass is 269 g/mol. The minimum atomic E-state index is -0.541. The molecule has 1 atom stereocenters. The van der Waals surface area contributed by atoms with Gasteiger partial charge in [0, 0.05) is 12.1 Å². The van der Waals surface area contributed by atoms with Gasteiger partial charge >= 0.3 is 0 Å². The molecule has 104 valence electrons. The minimum Gasteiger partial charge on any atom is -0.392 e. The van der Waals surface area contributed by atoms with E-state index in [9.17, 15) is 9.90 Å². The first kappa shape index (κ1) is 14.3. The van der Waals surface area contributed by atoms with Crippen LogP contribution in [0.15, 0.2) is 54.6 Å². The number of carbonyl (C=O) groups excluding carboxylic acids is 1. The van der Waals surface area contributed by atoms with Gasteiger partial charge < -0.3 is 10.4 Å². The molecule has 2 rings (SSSR count). The topological polar surface area (TPSA) is 49.3 Å². The van der Waals surface area contributed by atoms with E-state index in [1.807, 2.05) is 54.6 Å². The van der Waals surface area contributed by atoms with Gasteiger partial charge in [-0.05, 0) is 30.5 Å². The minimum absolute atomic E-state index is 0.141. The molecule has 1 amide bonds. The Labute approximate surface area is 119 Å². The lowest BCUT2D eigenvalue weighted by atomic mass is 9.99. The first-order valence-electron chi connectivity index (χ1n) is 6.75. The second-order valence-corrected chi connectivity index (χ2v) is 4.88. The number of hydrogen-bond acceptors (Lipinski definition) is 2. The van der Waals surface area contributed by atoms with Crippen LogP contribution in [0.5, 0.6) is 0 Å². The van der Waals surface area contributed by atoms with Gasteiger partial charge in [0.25, 0.3) is 5.91 Å². The third-order valence-corrected chi connectivity index (χ3v) is 3.06. The average molecular weight is 269 g/mol. The molecule has 3 heteroatoms. The van der Waals surface area contributed by atoms with Crippen molar-refractivity contribution in [2.75, 3.05) is 6.54 Å². The number of rotatable bonds is 5. The molecule has 2 N–H and O–H groups in total. The maximum absolute atomic E-state index is 12.1. The molecule has 3 nitrogen and oxygen atoms in total. The zero-order valence-corrected chi connectivity index (χ0v) is 11.5. The van der Waals surface area contributed by atoms with Gasteiger partial charge in [0.1, 0.15) is 0 Å². The molecule has 0 aliphatic heterocycles. The lowest BCUT2D eigenvalue weighted by Crippen LogP contribution is -2.31. The summed E-state index contributed by atoms with van der Waals surface area (Å²) in [6, 6.07) is 17.6. The molecule has 0 aromatic heterocycles. The molecule has 2 aromatic carbocycles. The fraction of sp³-hybridized carbons (Fsp3) is 0.235. The number of aliphatic hydroxyl groups is 1. The van der Waals surface area contributed by atoms with E-state index < -0.39 is 6.10 Å². The summed E-state index contributed by atoms with van der Waals surface area (Å²) in [6.45, 7) is 1.91. The second-order valence-electron chi connectivity index (χ2n) is 4.88. The first-order valence-corrected chi connectivity index (χ1v) is 6.75. The highest BCUT2D eigenvalue weighted by atomic mass is 16.3. The van der Waals surface area contributed by atoms with E-state index in [1.54, 1.807) is 6.92 Å². The van der Waals surface area contributed by atoms with Crippen molar-refractivity contribution in [2.24, 2.45) is 0 Å². The van der Waals surface area contributed by atoms with Crippen molar-refractivity contribution >= 4 is 5.91 Å². The van der Waals surface area contributed by atoms with Crippen LogP contribution in [0.3, 0.4) is 0 Å². The van der Waals surface area contributed by atoms with E-state index in [0.717, 1.165) is 12.0 Å². The molecule has 0 fully saturated rings. The second kappa shape index (κ2) is 6.87. The number of carbonyl (C=O) groups is 1. The normalized spacial score (nSPS) is 11.9. The van der Waals surface area contributed by atoms with Gasteiger partial charge in [0.05, 0.1) is 6.10 Å². The van der Waals surface area contributed by atoms with Crippen LogP contribution in [0.25, 0.3) is 0 Å². The van der Waals surface area contributed by atoms with E-state index in [0.29, 0.717) is 5.56 Å². The fourth-order valence-corrected chi connectivity index (χ4v) is 2.05. The molecule has 2 aromatic rings. The van der Waals surface area contributed by atoms with Gasteiger partial charge in [-0.2, -0.15) is 0 Å². The first-order chi connectivity index (χ1) is 9.66. The lowest BCUT2D eigenvalue weighted by Gasteiger charge is -2.11. The number of aliphatic hydroxyl groups excluding tert-OH is 1. The molecular formula is C17H19NO2. The van der Waals surface area contributed by atoms with E-state index in [4.69, 9.17) is 0 Å². The molecule has 0 bridgehead atoms. The Bertz CT molecular complexity index is 564. The Morgan fingerprint density at radius 3 is 2.45 bits per heavy atom. The summed E-state index contributed by atoms with van der Waals surface area (Å²) < 4.78 is 0. The molecule has 0 aliphatic carbocycles. The molecular weight excluding hydrogens is 250 g/mol. The molecule has 1 unspecified atom stereocenters. The summed E-state index contributed by atoms with van der Waals surface area (Å²) in [5, 5.41) is 12.0. The highest BCUT2D eigenvalue weighted by Crippen LogP contribution is 2.14. The maximum Gasteiger partial charge on any atom is 0.251 e. The van der Waals surface area contributed by atoms with Gasteiger partial charge in [-0.15, -0.1) is 0 Å². The Morgan fingerprint density at radius 2 is 1.75 bits per heavy atom. The van der Waals surface area contributed by atoms with Crippen molar-refractivity contribution in [3.63, 3.8) is 0 Å². The standard InChI is InChI=1S/C17H19NO2/c1-13(19)12-18-17(20)16-10-6-5-9-15(16)11-14-7-3-2-4-8-14/h2-10,13,19H,11-12H2,1H3,(H,18,20). The number of amides is 1. The fourth-order valence-electron chi connectivity index (χ4n) is 2.05. The number of nitrogens with one attached hydrogen (secondary N) is 1. The molecule has 0 saturated carbocycles. The Kier molecular flexibility index (Phi) is 4.91. The van der Waals surface area contributed by atoms with Gasteiger partial charge in [-0.25, -0.2) is 0 Å². The average Bonchev–Trinajstić information content (AvgIpc) is 2.46. The van der Waals surface area contributed by atoms with Crippen molar-refractivity contribution in [1.82, 2.24) is 5.32 Å². The van der Waals surface area contributed by atoms with Crippen molar-refractivity contribution in [3.8, 4) is 0 Å². The lowest BCUT2D eigenvalue weighted by molar-refractivity contribution is 0.0923. The SMILES string of the molecule is CC(O)CNC(=O)c1ccccc1Cc1ccccc1. The smallest absolute Gasteiger partial charge is 0.251 e. The molecule has 0 saturated heterocycles. The van der Waals surface area contributed by atoms with Crippen LogP contribution >= 0.6 is 0 Å². The van der Waals surface area contributed by atoms with Crippen LogP contribution in [0, 0.1) is 0 Å². The van der Waals surface area contributed by atoms with Gasteiger partial charge in [0.2, 0.25) is 0 Å². The van der Waals surface area contributed by atoms with E-state index in [1.165, 1.54) is 5.56 Å². The third kappa shape index (κ3) is 3.93. The van der Waals surface area contributed by atoms with Crippen LogP contribution in [-0.4, -0.2) is 23.7 Å². The van der Waals surface area contributed by atoms with Crippen molar-refractivity contribution in [3.05, 3.63) is 71.3 Å². The van der Waals surface area contributed by atoms with Gasteiger partial charge in [-0.1, -0.05) is 48.5 Å². The Morgan fingerprint density at radius 1 is 1.10 bits per heavy atom. The van der Waals surface area contributed by atoms with Gasteiger partial charge in [-0.3, -0.25) is 4.79 Å². The van der Waals surface area contributed by atoms with E-state index in [2.05, 4.69) is 5.32 Å².